The first-order valence-electron chi connectivity index (χ1n) is 10.2. The Bertz CT molecular complexity index is 1130. The molecule has 0 radical (unpaired) electrons. The predicted molar refractivity (Wildman–Crippen MR) is 111 cm³/mol. The number of hydrogen-bond donors (Lipinski definition) is 1. The summed E-state index contributed by atoms with van der Waals surface area (Å²) in [6, 6.07) is 7.72. The van der Waals surface area contributed by atoms with E-state index in [0.29, 0.717) is 23.0 Å². The summed E-state index contributed by atoms with van der Waals surface area (Å²) in [4.78, 5) is 24.1. The van der Waals surface area contributed by atoms with E-state index in [1.165, 1.54) is 6.42 Å². The van der Waals surface area contributed by atoms with Crippen molar-refractivity contribution in [2.75, 3.05) is 13.3 Å². The molecule has 2 aliphatic rings. The highest BCUT2D eigenvalue weighted by atomic mass is 32.2. The van der Waals surface area contributed by atoms with Gasteiger partial charge in [-0.2, -0.15) is 17.3 Å². The second-order valence-electron chi connectivity index (χ2n) is 8.18. The van der Waals surface area contributed by atoms with Crippen LogP contribution in [0.3, 0.4) is 0 Å². The first kappa shape index (κ1) is 25.0. The number of ether oxygens (including phenoxy) is 1. The molecule has 13 heteroatoms. The van der Waals surface area contributed by atoms with E-state index in [0.717, 1.165) is 36.0 Å². The number of esters is 1. The first-order valence-corrected chi connectivity index (χ1v) is 12.0. The molecule has 2 aromatic rings. The van der Waals surface area contributed by atoms with E-state index in [2.05, 4.69) is 17.0 Å². The number of carboxylic acid groups (broad SMARTS) is 1. The number of hydrogen-bond acceptors (Lipinski definition) is 7. The monoisotopic (exact) mass is 491 g/mol. The number of carboxylic acids is 1. The maximum Gasteiger partial charge on any atom is 0.490 e. The van der Waals surface area contributed by atoms with Gasteiger partial charge in [-0.1, -0.05) is 24.6 Å². The van der Waals surface area contributed by atoms with Crippen LogP contribution in [0.4, 0.5) is 13.2 Å². The lowest BCUT2D eigenvalue weighted by Crippen LogP contribution is -2.52. The summed E-state index contributed by atoms with van der Waals surface area (Å²) in [5, 5.41) is 11.7. The van der Waals surface area contributed by atoms with Gasteiger partial charge in [0.15, 0.2) is 5.69 Å². The quantitative estimate of drug-likeness (QED) is 0.651. The molecule has 1 aromatic heterocycles. The summed E-state index contributed by atoms with van der Waals surface area (Å²) < 4.78 is 62.4. The number of para-hydroxylation sites is 1. The third-order valence-corrected chi connectivity index (χ3v) is 6.78. The van der Waals surface area contributed by atoms with E-state index in [-0.39, 0.29) is 11.8 Å². The normalized spacial score (nSPS) is 23.5. The topological polar surface area (TPSA) is 119 Å². The number of aliphatic carboxylic acids is 1. The fourth-order valence-corrected chi connectivity index (χ4v) is 5.06. The van der Waals surface area contributed by atoms with Crippen molar-refractivity contribution in [2.45, 2.75) is 56.5 Å². The van der Waals surface area contributed by atoms with Crippen molar-refractivity contribution in [3.05, 3.63) is 30.0 Å². The fourth-order valence-electron chi connectivity index (χ4n) is 4.31. The second kappa shape index (κ2) is 9.29. The number of carbonyl (C=O) groups excluding carboxylic acids is 1. The van der Waals surface area contributed by atoms with Crippen LogP contribution in [0.2, 0.25) is 0 Å². The average Bonchev–Trinajstić information content (AvgIpc) is 3.09. The Morgan fingerprint density at radius 2 is 1.70 bits per heavy atom. The largest absolute Gasteiger partial charge is 0.490 e. The highest BCUT2D eigenvalue weighted by molar-refractivity contribution is 7.89. The number of nitrogens with zero attached hydrogens (tertiary/aromatic N) is 3. The molecule has 0 amide bonds. The molecule has 2 saturated heterocycles. The zero-order valence-electron chi connectivity index (χ0n) is 17.9. The van der Waals surface area contributed by atoms with Crippen LogP contribution in [-0.2, 0) is 19.6 Å². The van der Waals surface area contributed by atoms with Crippen LogP contribution >= 0.6 is 0 Å². The van der Waals surface area contributed by atoms with Gasteiger partial charge in [-0.3, -0.25) is 0 Å². The van der Waals surface area contributed by atoms with Gasteiger partial charge in [0.25, 0.3) is 10.0 Å². The van der Waals surface area contributed by atoms with E-state index >= 15 is 0 Å². The van der Waals surface area contributed by atoms with Gasteiger partial charge in [0.2, 0.25) is 0 Å². The van der Waals surface area contributed by atoms with Gasteiger partial charge in [-0.25, -0.2) is 18.0 Å². The molecule has 2 fully saturated rings. The minimum Gasteiger partial charge on any atom is -0.475 e. The SMILES string of the molecule is CN1C2CCCC1CC(OC(=O)c1nn(S(C)(=O)=O)c3ccccc13)C2.O=C(O)C(F)(F)F. The van der Waals surface area contributed by atoms with Gasteiger partial charge in [-0.05, 0) is 26.0 Å². The summed E-state index contributed by atoms with van der Waals surface area (Å²) in [7, 11) is -1.46. The molecule has 0 saturated carbocycles. The van der Waals surface area contributed by atoms with Gasteiger partial charge in [0.1, 0.15) is 6.10 Å². The van der Waals surface area contributed by atoms with Crippen LogP contribution in [-0.4, -0.2) is 77.2 Å². The molecule has 0 spiro atoms. The lowest BCUT2D eigenvalue weighted by Gasteiger charge is -2.46. The van der Waals surface area contributed by atoms with Crippen LogP contribution < -0.4 is 0 Å². The molecule has 33 heavy (non-hydrogen) atoms. The summed E-state index contributed by atoms with van der Waals surface area (Å²) in [6.45, 7) is 0. The fraction of sp³-hybridized carbons (Fsp3) is 0.550. The second-order valence-corrected chi connectivity index (χ2v) is 9.99. The lowest BCUT2D eigenvalue weighted by molar-refractivity contribution is -0.192. The zero-order chi connectivity index (χ0) is 24.6. The number of benzene rings is 1. The number of aromatic nitrogens is 2. The van der Waals surface area contributed by atoms with Crippen LogP contribution in [0.5, 0.6) is 0 Å². The molecule has 3 heterocycles. The molecule has 2 atom stereocenters. The highest BCUT2D eigenvalue weighted by Gasteiger charge is 2.39. The number of halogens is 3. The molecule has 0 aliphatic carbocycles. The summed E-state index contributed by atoms with van der Waals surface area (Å²) in [5.74, 6) is -3.30. The van der Waals surface area contributed by atoms with Gasteiger partial charge >= 0.3 is 18.1 Å². The standard InChI is InChI=1S/C18H23N3O4S.C2HF3O2/c1-20-12-6-5-7-13(20)11-14(10-12)25-18(22)17-15-8-3-4-9-16(15)21(19-17)26(2,23)24;3-2(4,5)1(6)7/h3-4,8-9,12-14H,5-7,10-11H2,1-2H3;(H,6,7). The Morgan fingerprint density at radius 3 is 2.21 bits per heavy atom. The Morgan fingerprint density at radius 1 is 1.15 bits per heavy atom. The number of carbonyl (C=O) groups is 2. The van der Waals surface area contributed by atoms with Gasteiger partial charge in [0.05, 0.1) is 11.8 Å². The van der Waals surface area contributed by atoms with E-state index in [4.69, 9.17) is 14.6 Å². The first-order chi connectivity index (χ1) is 15.3. The van der Waals surface area contributed by atoms with Gasteiger partial charge in [0, 0.05) is 30.3 Å². The van der Waals surface area contributed by atoms with Crippen molar-refractivity contribution in [3.8, 4) is 0 Å². The molecular weight excluding hydrogens is 467 g/mol. The smallest absolute Gasteiger partial charge is 0.475 e. The van der Waals surface area contributed by atoms with Crippen molar-refractivity contribution in [2.24, 2.45) is 0 Å². The van der Waals surface area contributed by atoms with Gasteiger partial charge in [-0.15, -0.1) is 5.10 Å². The summed E-state index contributed by atoms with van der Waals surface area (Å²) >= 11 is 0. The number of rotatable bonds is 3. The van der Waals surface area contributed by atoms with Gasteiger partial charge < -0.3 is 14.7 Å². The van der Waals surface area contributed by atoms with Crippen molar-refractivity contribution in [1.82, 2.24) is 14.1 Å². The molecule has 2 bridgehead atoms. The van der Waals surface area contributed by atoms with Crippen molar-refractivity contribution < 1.29 is 41.0 Å². The predicted octanol–water partition coefficient (Wildman–Crippen LogP) is 2.65. The molecule has 9 nitrogen and oxygen atoms in total. The van der Waals surface area contributed by atoms with Crippen LogP contribution in [0.15, 0.2) is 24.3 Å². The summed E-state index contributed by atoms with van der Waals surface area (Å²) in [5.41, 5.74) is 0.456. The van der Waals surface area contributed by atoms with Crippen LogP contribution in [0.25, 0.3) is 10.9 Å². The highest BCUT2D eigenvalue weighted by Crippen LogP contribution is 2.34. The Hall–Kier alpha value is -2.67. The van der Waals surface area contributed by atoms with E-state index in [1.54, 1.807) is 24.3 Å². The molecular formula is C20H24F3N3O6S. The number of fused-ring (bicyclic) bond motifs is 3. The number of piperidine rings is 2. The molecule has 2 aliphatic heterocycles. The van der Waals surface area contributed by atoms with Crippen LogP contribution in [0.1, 0.15) is 42.6 Å². The lowest BCUT2D eigenvalue weighted by atomic mass is 9.83. The number of alkyl halides is 3. The maximum absolute atomic E-state index is 12.8. The van der Waals surface area contributed by atoms with Crippen LogP contribution in [0, 0.1) is 0 Å². The van der Waals surface area contributed by atoms with E-state index in [9.17, 15) is 26.4 Å². The summed E-state index contributed by atoms with van der Waals surface area (Å²) in [6.07, 6.45) is 0.978. The Kier molecular flexibility index (Phi) is 7.03. The Balaban J connectivity index is 0.000000383. The zero-order valence-corrected chi connectivity index (χ0v) is 18.8. The average molecular weight is 491 g/mol. The van der Waals surface area contributed by atoms with Crippen molar-refractivity contribution in [1.29, 1.82) is 0 Å². The van der Waals surface area contributed by atoms with E-state index < -0.39 is 28.1 Å². The molecule has 1 aromatic carbocycles. The third kappa shape index (κ3) is 5.64. The molecule has 182 valence electrons. The maximum atomic E-state index is 12.8. The minimum absolute atomic E-state index is 0.0649. The minimum atomic E-state index is -5.08. The molecule has 4 rings (SSSR count). The van der Waals surface area contributed by atoms with Crippen molar-refractivity contribution >= 4 is 32.9 Å². The van der Waals surface area contributed by atoms with E-state index in [1.807, 2.05) is 0 Å². The third-order valence-electron chi connectivity index (χ3n) is 5.88. The Labute approximate surface area is 188 Å². The molecule has 2 unspecified atom stereocenters. The van der Waals surface area contributed by atoms with Crippen molar-refractivity contribution in [3.63, 3.8) is 0 Å². The molecule has 1 N–H and O–H groups in total.